The number of para-hydroxylation sites is 1. The Hall–Kier alpha value is -1.48. The molecule has 1 N–H and O–H groups in total. The molecule has 0 aliphatic heterocycles. The summed E-state index contributed by atoms with van der Waals surface area (Å²) in [7, 11) is 0. The van der Waals surface area contributed by atoms with Gasteiger partial charge in [0.25, 0.3) is 5.91 Å². The van der Waals surface area contributed by atoms with E-state index in [9.17, 15) is 4.79 Å². The van der Waals surface area contributed by atoms with E-state index in [0.29, 0.717) is 18.1 Å². The highest BCUT2D eigenvalue weighted by atomic mass is 35.5. The van der Waals surface area contributed by atoms with Crippen molar-refractivity contribution in [3.63, 3.8) is 0 Å². The average Bonchev–Trinajstić information content (AvgIpc) is 2.71. The lowest BCUT2D eigenvalue weighted by Gasteiger charge is -2.24. The zero-order chi connectivity index (χ0) is 13.2. The summed E-state index contributed by atoms with van der Waals surface area (Å²) in [6.07, 6.45) is 0.709. The van der Waals surface area contributed by atoms with Crippen LogP contribution in [-0.4, -0.2) is 17.3 Å². The predicted molar refractivity (Wildman–Crippen MR) is 73.1 cm³/mol. The van der Waals surface area contributed by atoms with Crippen molar-refractivity contribution in [1.29, 1.82) is 0 Å². The number of benzene rings is 1. The summed E-state index contributed by atoms with van der Waals surface area (Å²) in [6, 6.07) is 9.30. The van der Waals surface area contributed by atoms with Crippen LogP contribution in [0.5, 0.6) is 0 Å². The molecule has 0 aliphatic rings. The van der Waals surface area contributed by atoms with E-state index in [1.807, 2.05) is 38.1 Å². The molecule has 0 spiro atoms. The van der Waals surface area contributed by atoms with Crippen molar-refractivity contribution in [2.75, 3.05) is 5.88 Å². The van der Waals surface area contributed by atoms with Crippen LogP contribution in [0.1, 0.15) is 30.8 Å². The SMILES string of the molecule is CC(C)(CCCl)NC(=O)c1cc2ccccc2o1. The number of nitrogens with one attached hydrogen (secondary N) is 1. The van der Waals surface area contributed by atoms with E-state index in [0.717, 1.165) is 11.0 Å². The second kappa shape index (κ2) is 5.02. The fourth-order valence-corrected chi connectivity index (χ4v) is 2.23. The molecule has 0 unspecified atom stereocenters. The van der Waals surface area contributed by atoms with Crippen LogP contribution in [0.3, 0.4) is 0 Å². The van der Waals surface area contributed by atoms with Gasteiger partial charge in [-0.25, -0.2) is 0 Å². The Morgan fingerprint density at radius 1 is 1.39 bits per heavy atom. The van der Waals surface area contributed by atoms with Crippen molar-refractivity contribution >= 4 is 28.5 Å². The second-order valence-electron chi connectivity index (χ2n) is 4.93. The summed E-state index contributed by atoms with van der Waals surface area (Å²) in [6.45, 7) is 3.88. The molecular formula is C14H16ClNO2. The Morgan fingerprint density at radius 3 is 2.78 bits per heavy atom. The minimum absolute atomic E-state index is 0.207. The molecule has 0 atom stereocenters. The minimum Gasteiger partial charge on any atom is -0.451 e. The standard InChI is InChI=1S/C14H16ClNO2/c1-14(2,7-8-15)16-13(17)12-9-10-5-3-4-6-11(10)18-12/h3-6,9H,7-8H2,1-2H3,(H,16,17). The van der Waals surface area contributed by atoms with Gasteiger partial charge < -0.3 is 9.73 Å². The maximum Gasteiger partial charge on any atom is 0.287 e. The van der Waals surface area contributed by atoms with Gasteiger partial charge in [0.15, 0.2) is 5.76 Å². The first-order valence-electron chi connectivity index (χ1n) is 5.89. The van der Waals surface area contributed by atoms with Crippen LogP contribution < -0.4 is 5.32 Å². The van der Waals surface area contributed by atoms with E-state index in [2.05, 4.69) is 5.32 Å². The molecule has 96 valence electrons. The zero-order valence-electron chi connectivity index (χ0n) is 10.5. The second-order valence-corrected chi connectivity index (χ2v) is 5.30. The molecule has 4 heteroatoms. The van der Waals surface area contributed by atoms with Crippen LogP contribution in [0.4, 0.5) is 0 Å². The van der Waals surface area contributed by atoms with Crippen LogP contribution >= 0.6 is 11.6 Å². The van der Waals surface area contributed by atoms with Gasteiger partial charge in [-0.2, -0.15) is 0 Å². The van der Waals surface area contributed by atoms with Crippen LogP contribution in [-0.2, 0) is 0 Å². The first kappa shape index (κ1) is 13.0. The maximum absolute atomic E-state index is 12.1. The molecule has 0 radical (unpaired) electrons. The first-order chi connectivity index (χ1) is 8.52. The van der Waals surface area contributed by atoms with Gasteiger partial charge in [-0.15, -0.1) is 11.6 Å². The van der Waals surface area contributed by atoms with Crippen molar-refractivity contribution in [3.05, 3.63) is 36.1 Å². The fraction of sp³-hybridized carbons (Fsp3) is 0.357. The quantitative estimate of drug-likeness (QED) is 0.859. The van der Waals surface area contributed by atoms with Crippen LogP contribution in [0.15, 0.2) is 34.7 Å². The van der Waals surface area contributed by atoms with Crippen molar-refractivity contribution in [2.24, 2.45) is 0 Å². The molecule has 2 aromatic rings. The third kappa shape index (κ3) is 2.85. The number of rotatable bonds is 4. The zero-order valence-corrected chi connectivity index (χ0v) is 11.3. The number of carbonyl (C=O) groups is 1. The van der Waals surface area contributed by atoms with E-state index in [1.54, 1.807) is 6.07 Å². The third-order valence-electron chi connectivity index (χ3n) is 2.82. The molecular weight excluding hydrogens is 250 g/mol. The average molecular weight is 266 g/mol. The van der Waals surface area contributed by atoms with Gasteiger partial charge in [0.05, 0.1) is 0 Å². The topological polar surface area (TPSA) is 42.2 Å². The Bertz CT molecular complexity index is 527. The predicted octanol–water partition coefficient (Wildman–Crippen LogP) is 3.57. The number of carbonyl (C=O) groups excluding carboxylic acids is 1. The van der Waals surface area contributed by atoms with Gasteiger partial charge in [-0.1, -0.05) is 18.2 Å². The number of furan rings is 1. The van der Waals surface area contributed by atoms with Gasteiger partial charge >= 0.3 is 0 Å². The van der Waals surface area contributed by atoms with Crippen LogP contribution in [0.2, 0.25) is 0 Å². The molecule has 3 nitrogen and oxygen atoms in total. The summed E-state index contributed by atoms with van der Waals surface area (Å²) in [5.74, 6) is 0.633. The van der Waals surface area contributed by atoms with E-state index in [1.165, 1.54) is 0 Å². The third-order valence-corrected chi connectivity index (χ3v) is 3.01. The van der Waals surface area contributed by atoms with Crippen molar-refractivity contribution in [1.82, 2.24) is 5.32 Å². The molecule has 18 heavy (non-hydrogen) atoms. The van der Waals surface area contributed by atoms with Crippen LogP contribution in [0, 0.1) is 0 Å². The van der Waals surface area contributed by atoms with Crippen molar-refractivity contribution in [2.45, 2.75) is 25.8 Å². The number of hydrogen-bond donors (Lipinski definition) is 1. The first-order valence-corrected chi connectivity index (χ1v) is 6.42. The summed E-state index contributed by atoms with van der Waals surface area (Å²) in [5.41, 5.74) is 0.385. The largest absolute Gasteiger partial charge is 0.451 e. The van der Waals surface area contributed by atoms with Gasteiger partial charge in [-0.05, 0) is 32.4 Å². The minimum atomic E-state index is -0.336. The summed E-state index contributed by atoms with van der Waals surface area (Å²) in [4.78, 5) is 12.1. The normalized spacial score (nSPS) is 11.7. The lowest BCUT2D eigenvalue weighted by Crippen LogP contribution is -2.43. The Labute approximate surface area is 111 Å². The lowest BCUT2D eigenvalue weighted by molar-refractivity contribution is 0.0885. The number of amides is 1. The molecule has 1 amide bonds. The lowest BCUT2D eigenvalue weighted by atomic mass is 10.0. The number of halogens is 1. The highest BCUT2D eigenvalue weighted by Gasteiger charge is 2.22. The molecule has 0 saturated heterocycles. The highest BCUT2D eigenvalue weighted by molar-refractivity contribution is 6.17. The highest BCUT2D eigenvalue weighted by Crippen LogP contribution is 2.19. The maximum atomic E-state index is 12.1. The van der Waals surface area contributed by atoms with E-state index in [4.69, 9.17) is 16.0 Å². The summed E-state index contributed by atoms with van der Waals surface area (Å²) in [5, 5.41) is 3.85. The molecule has 2 rings (SSSR count). The smallest absolute Gasteiger partial charge is 0.287 e. The van der Waals surface area contributed by atoms with Crippen LogP contribution in [0.25, 0.3) is 11.0 Å². The fourth-order valence-electron chi connectivity index (χ4n) is 1.76. The van der Waals surface area contributed by atoms with E-state index < -0.39 is 0 Å². The van der Waals surface area contributed by atoms with Gasteiger partial charge in [0, 0.05) is 16.8 Å². The monoisotopic (exact) mass is 265 g/mol. The van der Waals surface area contributed by atoms with Gasteiger partial charge in [0.1, 0.15) is 5.58 Å². The number of fused-ring (bicyclic) bond motifs is 1. The number of alkyl halides is 1. The number of hydrogen-bond acceptors (Lipinski definition) is 2. The van der Waals surface area contributed by atoms with Crippen molar-refractivity contribution in [3.8, 4) is 0 Å². The van der Waals surface area contributed by atoms with E-state index in [-0.39, 0.29) is 11.4 Å². The molecule has 0 saturated carbocycles. The molecule has 1 aromatic heterocycles. The van der Waals surface area contributed by atoms with E-state index >= 15 is 0 Å². The Kier molecular flexibility index (Phi) is 3.62. The van der Waals surface area contributed by atoms with Gasteiger partial charge in [0.2, 0.25) is 0 Å². The summed E-state index contributed by atoms with van der Waals surface area (Å²) < 4.78 is 5.51. The Balaban J connectivity index is 2.18. The molecule has 0 aliphatic carbocycles. The van der Waals surface area contributed by atoms with Gasteiger partial charge in [-0.3, -0.25) is 4.79 Å². The molecule has 1 heterocycles. The molecule has 0 bridgehead atoms. The Morgan fingerprint density at radius 2 is 2.11 bits per heavy atom. The molecule has 0 fully saturated rings. The molecule has 1 aromatic carbocycles. The summed E-state index contributed by atoms with van der Waals surface area (Å²) >= 11 is 5.71. The van der Waals surface area contributed by atoms with Crippen molar-refractivity contribution < 1.29 is 9.21 Å².